The molecule has 1 aliphatic rings. The zero-order valence-corrected chi connectivity index (χ0v) is 17.1. The van der Waals surface area contributed by atoms with Gasteiger partial charge in [-0.15, -0.1) is 24.2 Å². The molecule has 2 rings (SSSR count). The maximum atomic E-state index is 12.4. The van der Waals surface area contributed by atoms with Crippen LogP contribution in [0.2, 0.25) is 0 Å². The fourth-order valence-electron chi connectivity index (χ4n) is 2.60. The van der Waals surface area contributed by atoms with Crippen LogP contribution >= 0.6 is 24.2 Å². The number of thioether (sulfide) groups is 1. The van der Waals surface area contributed by atoms with Gasteiger partial charge in [0.05, 0.1) is 15.9 Å². The highest BCUT2D eigenvalue weighted by Crippen LogP contribution is 2.33. The molecular weight excluding hydrogens is 380 g/mol. The Hall–Kier alpha value is -0.760. The number of halogens is 1. The third-order valence-corrected chi connectivity index (χ3v) is 7.38. The number of nitrogens with two attached hydrogens (primary N) is 1. The summed E-state index contributed by atoms with van der Waals surface area (Å²) in [7, 11) is -3.32. The zero-order valence-electron chi connectivity index (χ0n) is 14.6. The molecule has 3 N–H and O–H groups in total. The molecule has 1 aromatic carbocycles. The van der Waals surface area contributed by atoms with Gasteiger partial charge in [0.15, 0.2) is 9.84 Å². The van der Waals surface area contributed by atoms with E-state index in [4.69, 9.17) is 5.73 Å². The summed E-state index contributed by atoms with van der Waals surface area (Å²) >= 11 is 1.28. The van der Waals surface area contributed by atoms with Gasteiger partial charge >= 0.3 is 0 Å². The van der Waals surface area contributed by atoms with Gasteiger partial charge in [-0.2, -0.15) is 0 Å². The van der Waals surface area contributed by atoms with E-state index in [0.717, 1.165) is 12.8 Å². The summed E-state index contributed by atoms with van der Waals surface area (Å²) in [5, 5.41) is 2.62. The zero-order chi connectivity index (χ0) is 17.7. The molecule has 1 aliphatic carbocycles. The molecular formula is C17H27ClN2O3S2. The fourth-order valence-corrected chi connectivity index (χ4v) is 5.44. The molecule has 1 fully saturated rings. The van der Waals surface area contributed by atoms with Crippen LogP contribution in [0.4, 0.5) is 0 Å². The topological polar surface area (TPSA) is 89.3 Å². The van der Waals surface area contributed by atoms with Crippen LogP contribution in [0.5, 0.6) is 0 Å². The number of rotatable bonds is 9. The highest BCUT2D eigenvalue weighted by Gasteiger charge is 2.32. The van der Waals surface area contributed by atoms with Crippen molar-refractivity contribution >= 4 is 39.9 Å². The first-order valence-corrected chi connectivity index (χ1v) is 10.9. The quantitative estimate of drug-likeness (QED) is 0.615. The van der Waals surface area contributed by atoms with E-state index in [1.165, 1.54) is 11.8 Å². The minimum atomic E-state index is -3.32. The molecule has 1 saturated carbocycles. The van der Waals surface area contributed by atoms with Crippen molar-refractivity contribution in [3.8, 4) is 0 Å². The Kier molecular flexibility index (Phi) is 8.74. The summed E-state index contributed by atoms with van der Waals surface area (Å²) in [5.74, 6) is 0.514. The third-order valence-electron chi connectivity index (χ3n) is 4.10. The second-order valence-corrected chi connectivity index (χ2v) is 9.67. The molecule has 0 bridgehead atoms. The van der Waals surface area contributed by atoms with Gasteiger partial charge < -0.3 is 11.1 Å². The fraction of sp³-hybridized carbons (Fsp3) is 0.588. The number of hydrogen-bond donors (Lipinski definition) is 2. The molecule has 0 saturated heterocycles. The highest BCUT2D eigenvalue weighted by molar-refractivity contribution is 8.01. The number of amides is 1. The second kappa shape index (κ2) is 9.80. The average Bonchev–Trinajstić information content (AvgIpc) is 3.37. The lowest BCUT2D eigenvalue weighted by molar-refractivity contribution is -0.121. The van der Waals surface area contributed by atoms with E-state index < -0.39 is 9.84 Å². The number of hydrogen-bond acceptors (Lipinski definition) is 5. The van der Waals surface area contributed by atoms with Crippen LogP contribution in [-0.2, 0) is 14.6 Å². The predicted octanol–water partition coefficient (Wildman–Crippen LogP) is 2.63. The minimum absolute atomic E-state index is 0. The molecule has 8 heteroatoms. The van der Waals surface area contributed by atoms with E-state index in [1.54, 1.807) is 31.2 Å². The van der Waals surface area contributed by atoms with Gasteiger partial charge in [0.1, 0.15) is 0 Å². The molecule has 0 radical (unpaired) electrons. The van der Waals surface area contributed by atoms with E-state index in [2.05, 4.69) is 5.32 Å². The Morgan fingerprint density at radius 3 is 2.56 bits per heavy atom. The number of carbonyl (C=O) groups excluding carboxylic acids is 1. The van der Waals surface area contributed by atoms with Gasteiger partial charge in [-0.3, -0.25) is 4.79 Å². The van der Waals surface area contributed by atoms with E-state index in [0.29, 0.717) is 28.7 Å². The van der Waals surface area contributed by atoms with Crippen molar-refractivity contribution in [2.45, 2.75) is 54.2 Å². The summed E-state index contributed by atoms with van der Waals surface area (Å²) in [6.45, 7) is 4.08. The Labute approximate surface area is 160 Å². The van der Waals surface area contributed by atoms with Gasteiger partial charge in [-0.05, 0) is 44.2 Å². The van der Waals surface area contributed by atoms with E-state index >= 15 is 0 Å². The normalized spacial score (nSPS) is 16.6. The van der Waals surface area contributed by atoms with E-state index in [1.807, 2.05) is 6.92 Å². The van der Waals surface area contributed by atoms with E-state index in [-0.39, 0.29) is 35.4 Å². The summed E-state index contributed by atoms with van der Waals surface area (Å²) in [4.78, 5) is 13.3. The maximum Gasteiger partial charge on any atom is 0.233 e. The van der Waals surface area contributed by atoms with Crippen molar-refractivity contribution < 1.29 is 13.2 Å². The van der Waals surface area contributed by atoms with Gasteiger partial charge in [0, 0.05) is 17.5 Å². The van der Waals surface area contributed by atoms with Crippen LogP contribution in [0.1, 0.15) is 33.1 Å². The summed E-state index contributed by atoms with van der Waals surface area (Å²) < 4.78 is 24.8. The molecule has 1 amide bonds. The Morgan fingerprint density at radius 2 is 2.00 bits per heavy atom. The van der Waals surface area contributed by atoms with Gasteiger partial charge in [0.25, 0.3) is 0 Å². The van der Waals surface area contributed by atoms with Crippen LogP contribution in [0, 0.1) is 5.92 Å². The Balaban J connectivity index is 0.00000312. The smallest absolute Gasteiger partial charge is 0.233 e. The molecule has 0 spiro atoms. The summed E-state index contributed by atoms with van der Waals surface area (Å²) in [6, 6.07) is 6.92. The molecule has 2 atom stereocenters. The van der Waals surface area contributed by atoms with Gasteiger partial charge in [0.2, 0.25) is 5.91 Å². The standard InChI is InChI=1S/C17H26N2O3S2.ClH/c1-3-10-24(21,22)16-7-5-4-6-15(16)23-12(2)17(20)19-14(11-18)13-8-9-13;/h4-7,12-14H,3,8-11,18H2,1-2H3,(H,19,20);1H. The lowest BCUT2D eigenvalue weighted by Gasteiger charge is -2.20. The summed E-state index contributed by atoms with van der Waals surface area (Å²) in [5.41, 5.74) is 5.73. The molecule has 1 aromatic rings. The van der Waals surface area contributed by atoms with Crippen molar-refractivity contribution in [3.05, 3.63) is 24.3 Å². The van der Waals surface area contributed by atoms with Crippen LogP contribution < -0.4 is 11.1 Å². The lowest BCUT2D eigenvalue weighted by atomic mass is 10.2. The Morgan fingerprint density at radius 1 is 1.36 bits per heavy atom. The molecule has 142 valence electrons. The van der Waals surface area contributed by atoms with E-state index in [9.17, 15) is 13.2 Å². The van der Waals surface area contributed by atoms with Gasteiger partial charge in [-0.25, -0.2) is 8.42 Å². The Bertz CT molecular complexity index is 678. The summed E-state index contributed by atoms with van der Waals surface area (Å²) in [6.07, 6.45) is 2.79. The molecule has 0 heterocycles. The average molecular weight is 407 g/mol. The first-order valence-electron chi connectivity index (χ1n) is 8.38. The highest BCUT2D eigenvalue weighted by atomic mass is 35.5. The SMILES string of the molecule is CCCS(=O)(=O)c1ccccc1SC(C)C(=O)NC(CN)C1CC1.Cl. The van der Waals surface area contributed by atoms with Crippen LogP contribution in [0.25, 0.3) is 0 Å². The van der Waals surface area contributed by atoms with Gasteiger partial charge in [-0.1, -0.05) is 19.1 Å². The second-order valence-electron chi connectivity index (χ2n) is 6.21. The molecule has 5 nitrogen and oxygen atoms in total. The maximum absolute atomic E-state index is 12.4. The molecule has 2 unspecified atom stereocenters. The predicted molar refractivity (Wildman–Crippen MR) is 105 cm³/mol. The van der Waals surface area contributed by atoms with Crippen LogP contribution in [0.15, 0.2) is 34.1 Å². The van der Waals surface area contributed by atoms with Crippen LogP contribution in [0.3, 0.4) is 0 Å². The number of sulfone groups is 1. The van der Waals surface area contributed by atoms with Crippen molar-refractivity contribution in [3.63, 3.8) is 0 Å². The van der Waals surface area contributed by atoms with Crippen LogP contribution in [-0.4, -0.2) is 37.9 Å². The largest absolute Gasteiger partial charge is 0.351 e. The van der Waals surface area contributed by atoms with Crippen molar-refractivity contribution in [2.75, 3.05) is 12.3 Å². The first kappa shape index (κ1) is 22.3. The molecule has 0 aliphatic heterocycles. The first-order chi connectivity index (χ1) is 11.4. The van der Waals surface area contributed by atoms with Crippen molar-refractivity contribution in [2.24, 2.45) is 11.7 Å². The van der Waals surface area contributed by atoms with Crippen molar-refractivity contribution in [1.29, 1.82) is 0 Å². The number of nitrogens with one attached hydrogen (secondary N) is 1. The lowest BCUT2D eigenvalue weighted by Crippen LogP contribution is -2.44. The number of benzene rings is 1. The number of carbonyl (C=O) groups is 1. The van der Waals surface area contributed by atoms with Crippen molar-refractivity contribution in [1.82, 2.24) is 5.32 Å². The minimum Gasteiger partial charge on any atom is -0.351 e. The third kappa shape index (κ3) is 6.16. The molecule has 25 heavy (non-hydrogen) atoms. The monoisotopic (exact) mass is 406 g/mol. The molecule has 0 aromatic heterocycles.